The minimum atomic E-state index is -4.58. The van der Waals surface area contributed by atoms with Crippen molar-refractivity contribution >= 4 is 21.6 Å². The molecular formula is C11H12ClF3N2O2S. The van der Waals surface area contributed by atoms with Crippen molar-refractivity contribution < 1.29 is 21.6 Å². The van der Waals surface area contributed by atoms with Crippen molar-refractivity contribution in [3.05, 3.63) is 23.9 Å². The third-order valence-electron chi connectivity index (χ3n) is 2.81. The third-order valence-corrected chi connectivity index (χ3v) is 4.94. The Kier molecular flexibility index (Phi) is 4.27. The van der Waals surface area contributed by atoms with Gasteiger partial charge in [-0.1, -0.05) is 6.07 Å². The number of sulfonamides is 1. The minimum Gasteiger partial charge on any atom is -0.243 e. The number of halogens is 4. The molecule has 0 saturated heterocycles. The van der Waals surface area contributed by atoms with Crippen molar-refractivity contribution in [1.29, 1.82) is 0 Å². The lowest BCUT2D eigenvalue weighted by atomic mass is 10.3. The molecule has 0 amide bonds. The van der Waals surface area contributed by atoms with Gasteiger partial charge in [0.05, 0.1) is 0 Å². The summed E-state index contributed by atoms with van der Waals surface area (Å²) < 4.78 is 62.5. The molecule has 1 fully saturated rings. The molecule has 0 radical (unpaired) electrons. The lowest BCUT2D eigenvalue weighted by Gasteiger charge is -2.22. The van der Waals surface area contributed by atoms with Crippen LogP contribution >= 0.6 is 11.6 Å². The van der Waals surface area contributed by atoms with E-state index in [9.17, 15) is 21.6 Å². The Bertz CT molecular complexity index is 570. The van der Waals surface area contributed by atoms with E-state index in [2.05, 4.69) is 4.98 Å². The highest BCUT2D eigenvalue weighted by Crippen LogP contribution is 2.34. The summed E-state index contributed by atoms with van der Waals surface area (Å²) >= 11 is 5.56. The molecule has 0 spiro atoms. The summed E-state index contributed by atoms with van der Waals surface area (Å²) in [5.41, 5.74) is 0.597. The molecule has 0 aromatic carbocycles. The van der Waals surface area contributed by atoms with Gasteiger partial charge in [0.25, 0.3) is 10.0 Å². The van der Waals surface area contributed by atoms with Crippen LogP contribution in [0.25, 0.3) is 0 Å². The minimum absolute atomic E-state index is 0.155. The zero-order valence-corrected chi connectivity index (χ0v) is 11.8. The second-order valence-corrected chi connectivity index (χ2v) is 6.64. The van der Waals surface area contributed by atoms with E-state index in [1.54, 1.807) is 0 Å². The fourth-order valence-electron chi connectivity index (χ4n) is 1.71. The molecule has 112 valence electrons. The average molecular weight is 329 g/mol. The summed E-state index contributed by atoms with van der Waals surface area (Å²) in [7, 11) is -4.24. The summed E-state index contributed by atoms with van der Waals surface area (Å²) in [5, 5.41) is -0.387. The van der Waals surface area contributed by atoms with Gasteiger partial charge in [-0.2, -0.15) is 17.5 Å². The topological polar surface area (TPSA) is 50.3 Å². The molecule has 0 N–H and O–H groups in total. The number of hydrogen-bond acceptors (Lipinski definition) is 3. The van der Waals surface area contributed by atoms with Crippen LogP contribution in [0.1, 0.15) is 18.4 Å². The first-order valence-electron chi connectivity index (χ1n) is 5.83. The monoisotopic (exact) mass is 328 g/mol. The highest BCUT2D eigenvalue weighted by atomic mass is 35.5. The fraction of sp³-hybridized carbons (Fsp3) is 0.545. The predicted octanol–water partition coefficient (Wildman–Crippen LogP) is 2.54. The lowest BCUT2D eigenvalue weighted by molar-refractivity contribution is -0.137. The zero-order chi connectivity index (χ0) is 15.0. The second-order valence-electron chi connectivity index (χ2n) is 4.53. The van der Waals surface area contributed by atoms with Gasteiger partial charge in [0.15, 0.2) is 5.03 Å². The zero-order valence-electron chi connectivity index (χ0n) is 10.3. The summed E-state index contributed by atoms with van der Waals surface area (Å²) in [6.45, 7) is -1.49. The molecule has 1 aliphatic rings. The first kappa shape index (κ1) is 15.5. The average Bonchev–Trinajstić information content (AvgIpc) is 3.19. The number of rotatable bonds is 5. The van der Waals surface area contributed by atoms with Crippen LogP contribution in [0.15, 0.2) is 23.4 Å². The van der Waals surface area contributed by atoms with E-state index in [-0.39, 0.29) is 10.9 Å². The molecule has 0 aliphatic heterocycles. The fourth-order valence-corrected chi connectivity index (χ4v) is 3.46. The Morgan fingerprint density at radius 3 is 2.40 bits per heavy atom. The Labute approximate surface area is 119 Å². The molecule has 20 heavy (non-hydrogen) atoms. The van der Waals surface area contributed by atoms with Crippen molar-refractivity contribution in [2.45, 2.75) is 36.0 Å². The molecule has 4 nitrogen and oxygen atoms in total. The Morgan fingerprint density at radius 1 is 1.35 bits per heavy atom. The van der Waals surface area contributed by atoms with E-state index in [0.717, 1.165) is 0 Å². The van der Waals surface area contributed by atoms with Gasteiger partial charge in [0, 0.05) is 18.1 Å². The van der Waals surface area contributed by atoms with Crippen LogP contribution < -0.4 is 0 Å². The van der Waals surface area contributed by atoms with Crippen LogP contribution in [0.2, 0.25) is 0 Å². The van der Waals surface area contributed by atoms with Crippen LogP contribution in [0, 0.1) is 0 Å². The van der Waals surface area contributed by atoms with Crippen molar-refractivity contribution in [2.24, 2.45) is 0 Å². The Hall–Kier alpha value is -0.860. The third kappa shape index (κ3) is 3.62. The number of hydrogen-bond donors (Lipinski definition) is 0. The van der Waals surface area contributed by atoms with Gasteiger partial charge >= 0.3 is 6.18 Å². The molecule has 1 aromatic rings. The number of nitrogens with zero attached hydrogens (tertiary/aromatic N) is 2. The standard InChI is InChI=1S/C11H12ClF3N2O2S/c12-5-8-1-4-10(16-6-8)20(18,19)17(9-2-3-9)7-11(13,14)15/h1,4,6,9H,2-3,5,7H2. The highest BCUT2D eigenvalue weighted by molar-refractivity contribution is 7.89. The molecule has 1 aromatic heterocycles. The maximum absolute atomic E-state index is 12.5. The summed E-state index contributed by atoms with van der Waals surface area (Å²) in [6, 6.07) is 2.03. The van der Waals surface area contributed by atoms with Gasteiger partial charge in [0.1, 0.15) is 6.54 Å². The van der Waals surface area contributed by atoms with Crippen LogP contribution in [0.3, 0.4) is 0 Å². The maximum atomic E-state index is 12.5. The lowest BCUT2D eigenvalue weighted by Crippen LogP contribution is -2.40. The summed E-state index contributed by atoms with van der Waals surface area (Å²) in [5.74, 6) is 0.155. The highest BCUT2D eigenvalue weighted by Gasteiger charge is 2.45. The molecule has 0 atom stereocenters. The van der Waals surface area contributed by atoms with E-state index in [1.807, 2.05) is 0 Å². The van der Waals surface area contributed by atoms with Crippen LogP contribution in [-0.4, -0.2) is 36.5 Å². The van der Waals surface area contributed by atoms with Crippen molar-refractivity contribution in [2.75, 3.05) is 6.54 Å². The van der Waals surface area contributed by atoms with Gasteiger partial charge < -0.3 is 0 Å². The molecular weight excluding hydrogens is 317 g/mol. The number of alkyl halides is 4. The van der Waals surface area contributed by atoms with Gasteiger partial charge in [-0.05, 0) is 24.5 Å². The van der Waals surface area contributed by atoms with Gasteiger partial charge in [-0.25, -0.2) is 13.4 Å². The van der Waals surface area contributed by atoms with Crippen LogP contribution in [0.4, 0.5) is 13.2 Å². The van der Waals surface area contributed by atoms with Gasteiger partial charge in [-0.3, -0.25) is 0 Å². The quantitative estimate of drug-likeness (QED) is 0.780. The molecule has 9 heteroatoms. The van der Waals surface area contributed by atoms with Crippen molar-refractivity contribution in [3.8, 4) is 0 Å². The Morgan fingerprint density at radius 2 is 2.00 bits per heavy atom. The summed E-state index contributed by atoms with van der Waals surface area (Å²) in [4.78, 5) is 3.70. The molecule has 1 aliphatic carbocycles. The first-order chi connectivity index (χ1) is 9.24. The normalized spacial score (nSPS) is 16.6. The number of pyridine rings is 1. The Balaban J connectivity index is 2.29. The van der Waals surface area contributed by atoms with Gasteiger partial charge in [-0.15, -0.1) is 11.6 Å². The largest absolute Gasteiger partial charge is 0.402 e. The van der Waals surface area contributed by atoms with E-state index in [4.69, 9.17) is 11.6 Å². The number of aromatic nitrogens is 1. The van der Waals surface area contributed by atoms with Crippen molar-refractivity contribution in [3.63, 3.8) is 0 Å². The van der Waals surface area contributed by atoms with E-state index >= 15 is 0 Å². The molecule has 0 bridgehead atoms. The smallest absolute Gasteiger partial charge is 0.243 e. The second kappa shape index (κ2) is 5.50. The molecule has 1 saturated carbocycles. The van der Waals surface area contributed by atoms with E-state index in [0.29, 0.717) is 22.7 Å². The SMILES string of the molecule is O=S(=O)(c1ccc(CCl)cn1)N(CC(F)(F)F)C1CC1. The van der Waals surface area contributed by atoms with E-state index in [1.165, 1.54) is 18.3 Å². The van der Waals surface area contributed by atoms with Crippen molar-refractivity contribution in [1.82, 2.24) is 9.29 Å². The summed E-state index contributed by atoms with van der Waals surface area (Å²) in [6.07, 6.45) is -2.45. The van der Waals surface area contributed by atoms with Crippen LogP contribution in [0.5, 0.6) is 0 Å². The predicted molar refractivity (Wildman–Crippen MR) is 66.8 cm³/mol. The van der Waals surface area contributed by atoms with Gasteiger partial charge in [0.2, 0.25) is 0 Å². The molecule has 2 rings (SSSR count). The first-order valence-corrected chi connectivity index (χ1v) is 7.81. The van der Waals surface area contributed by atoms with Crippen LogP contribution in [-0.2, 0) is 15.9 Å². The maximum Gasteiger partial charge on any atom is 0.402 e. The van der Waals surface area contributed by atoms with E-state index < -0.39 is 28.8 Å². The molecule has 0 unspecified atom stereocenters. The molecule has 1 heterocycles.